The zero-order chi connectivity index (χ0) is 4.28. The molecule has 4 heteroatoms. The Kier molecular flexibility index (Phi) is 8.41. The van der Waals surface area contributed by atoms with E-state index in [0.29, 0.717) is 0 Å². The second-order valence-electron chi connectivity index (χ2n) is 0.569. The average molecular weight is 158 g/mol. The number of hydrogen-bond donors (Lipinski definition) is 0. The van der Waals surface area contributed by atoms with E-state index in [1.807, 2.05) is 0 Å². The molecule has 41 valence electrons. The third kappa shape index (κ3) is 8.86. The quantitative estimate of drug-likeness (QED) is 0.485. The SMILES string of the molecule is CC(=O)OCl.[Cu]. The van der Waals surface area contributed by atoms with Crippen molar-refractivity contribution in [2.75, 3.05) is 0 Å². The van der Waals surface area contributed by atoms with E-state index in [1.165, 1.54) is 6.92 Å². The van der Waals surface area contributed by atoms with Crippen LogP contribution in [0.1, 0.15) is 6.92 Å². The van der Waals surface area contributed by atoms with Crippen LogP contribution in [-0.2, 0) is 26.2 Å². The van der Waals surface area contributed by atoms with E-state index < -0.39 is 5.97 Å². The molecule has 0 unspecified atom stereocenters. The Hall–Kier alpha value is 0.279. The Labute approximate surface area is 51.5 Å². The van der Waals surface area contributed by atoms with Gasteiger partial charge in [-0.3, -0.25) is 4.79 Å². The number of rotatable bonds is 0. The minimum atomic E-state index is -0.480. The van der Waals surface area contributed by atoms with Gasteiger partial charge in [0, 0.05) is 24.0 Å². The largest absolute Gasteiger partial charge is 0.348 e. The molecule has 1 radical (unpaired) electrons. The first kappa shape index (κ1) is 9.56. The summed E-state index contributed by atoms with van der Waals surface area (Å²) in [7, 11) is 0. The van der Waals surface area contributed by atoms with Crippen molar-refractivity contribution >= 4 is 17.8 Å². The Morgan fingerprint density at radius 1 is 1.83 bits per heavy atom. The topological polar surface area (TPSA) is 26.3 Å². The summed E-state index contributed by atoms with van der Waals surface area (Å²) in [5.41, 5.74) is 0. The van der Waals surface area contributed by atoms with Gasteiger partial charge in [0.25, 0.3) is 0 Å². The van der Waals surface area contributed by atoms with Crippen molar-refractivity contribution in [2.24, 2.45) is 0 Å². The number of halogens is 1. The first-order valence-electron chi connectivity index (χ1n) is 1.06. The molecule has 6 heavy (non-hydrogen) atoms. The van der Waals surface area contributed by atoms with Gasteiger partial charge in [-0.25, -0.2) is 0 Å². The summed E-state index contributed by atoms with van der Waals surface area (Å²) in [4.78, 5) is 9.46. The van der Waals surface area contributed by atoms with Crippen LogP contribution in [0.4, 0.5) is 0 Å². The predicted octanol–water partition coefficient (Wildman–Crippen LogP) is 0.701. The number of hydrogen-bond acceptors (Lipinski definition) is 2. The van der Waals surface area contributed by atoms with E-state index >= 15 is 0 Å². The number of carbonyl (C=O) groups excluding carboxylic acids is 1. The van der Waals surface area contributed by atoms with Crippen molar-refractivity contribution in [3.8, 4) is 0 Å². The maximum absolute atomic E-state index is 9.46. The van der Waals surface area contributed by atoms with Gasteiger partial charge in [0.05, 0.1) is 0 Å². The Balaban J connectivity index is 0. The Morgan fingerprint density at radius 3 is 2.00 bits per heavy atom. The van der Waals surface area contributed by atoms with Gasteiger partial charge in [-0.2, -0.15) is 0 Å². The molecule has 0 aromatic rings. The summed E-state index contributed by atoms with van der Waals surface area (Å²) in [5.74, 6) is -0.480. The third-order valence-electron chi connectivity index (χ3n) is 0.109. The minimum Gasteiger partial charge on any atom is -0.348 e. The van der Waals surface area contributed by atoms with Crippen LogP contribution in [0.5, 0.6) is 0 Å². The van der Waals surface area contributed by atoms with Crippen LogP contribution >= 0.6 is 11.9 Å². The minimum absolute atomic E-state index is 0. The molecule has 2 nitrogen and oxygen atoms in total. The van der Waals surface area contributed by atoms with Crippen molar-refractivity contribution in [1.82, 2.24) is 0 Å². The molecule has 0 rings (SSSR count). The first-order chi connectivity index (χ1) is 2.27. The fourth-order valence-electron chi connectivity index (χ4n) is 0. The summed E-state index contributed by atoms with van der Waals surface area (Å²) in [6, 6.07) is 0. The molecule has 0 bridgehead atoms. The summed E-state index contributed by atoms with van der Waals surface area (Å²) in [6.07, 6.45) is 0. The van der Waals surface area contributed by atoms with E-state index in [9.17, 15) is 4.79 Å². The fourth-order valence-corrected chi connectivity index (χ4v) is 0. The Bertz CT molecular complexity index is 46.8. The predicted molar refractivity (Wildman–Crippen MR) is 17.6 cm³/mol. The van der Waals surface area contributed by atoms with Gasteiger partial charge in [0.2, 0.25) is 0 Å². The molecule has 0 aromatic carbocycles. The fraction of sp³-hybridized carbons (Fsp3) is 0.500. The molecule has 0 saturated heterocycles. The van der Waals surface area contributed by atoms with Crippen molar-refractivity contribution in [2.45, 2.75) is 6.92 Å². The van der Waals surface area contributed by atoms with Crippen LogP contribution in [0.3, 0.4) is 0 Å². The molecule has 0 aliphatic rings. The van der Waals surface area contributed by atoms with E-state index in [1.54, 1.807) is 0 Å². The molecule has 0 aromatic heterocycles. The maximum Gasteiger partial charge on any atom is 0.321 e. The van der Waals surface area contributed by atoms with Crippen LogP contribution < -0.4 is 0 Å². The monoisotopic (exact) mass is 157 g/mol. The second-order valence-corrected chi connectivity index (χ2v) is 0.723. The van der Waals surface area contributed by atoms with Crippen molar-refractivity contribution in [1.29, 1.82) is 0 Å². The van der Waals surface area contributed by atoms with Crippen LogP contribution in [-0.4, -0.2) is 5.97 Å². The van der Waals surface area contributed by atoms with Gasteiger partial charge in [-0.05, 0) is 0 Å². The molecule has 0 fully saturated rings. The molecular formula is C2H3ClCuO2. The van der Waals surface area contributed by atoms with Gasteiger partial charge >= 0.3 is 5.97 Å². The molecule has 0 heterocycles. The van der Waals surface area contributed by atoms with Gasteiger partial charge in [0.15, 0.2) is 0 Å². The van der Waals surface area contributed by atoms with E-state index in [-0.39, 0.29) is 17.1 Å². The Morgan fingerprint density at radius 2 is 2.00 bits per heavy atom. The summed E-state index contributed by atoms with van der Waals surface area (Å²) < 4.78 is 3.58. The summed E-state index contributed by atoms with van der Waals surface area (Å²) >= 11 is 4.49. The molecule has 0 N–H and O–H groups in total. The summed E-state index contributed by atoms with van der Waals surface area (Å²) in [5, 5.41) is 0. The standard InChI is InChI=1S/C2H3ClO2.Cu/c1-2(4)5-3;/h1H3;. The van der Waals surface area contributed by atoms with E-state index in [4.69, 9.17) is 0 Å². The van der Waals surface area contributed by atoms with Crippen molar-refractivity contribution in [3.05, 3.63) is 0 Å². The molecule has 0 amide bonds. The van der Waals surface area contributed by atoms with Gasteiger partial charge in [0.1, 0.15) is 11.9 Å². The maximum atomic E-state index is 9.46. The smallest absolute Gasteiger partial charge is 0.321 e. The molecular weight excluding hydrogens is 155 g/mol. The van der Waals surface area contributed by atoms with Crippen molar-refractivity contribution in [3.63, 3.8) is 0 Å². The normalized spacial score (nSPS) is 5.67. The van der Waals surface area contributed by atoms with Gasteiger partial charge in [-0.15, -0.1) is 0 Å². The van der Waals surface area contributed by atoms with Crippen LogP contribution in [0, 0.1) is 0 Å². The molecule has 0 aliphatic carbocycles. The molecule has 0 spiro atoms. The van der Waals surface area contributed by atoms with Crippen molar-refractivity contribution < 1.29 is 26.2 Å². The van der Waals surface area contributed by atoms with Crippen LogP contribution in [0.2, 0.25) is 0 Å². The van der Waals surface area contributed by atoms with Gasteiger partial charge < -0.3 is 4.29 Å². The van der Waals surface area contributed by atoms with Gasteiger partial charge in [-0.1, -0.05) is 0 Å². The first-order valence-corrected chi connectivity index (χ1v) is 1.37. The van der Waals surface area contributed by atoms with E-state index in [0.717, 1.165) is 0 Å². The average Bonchev–Trinajstić information content (AvgIpc) is 1.38. The second kappa shape index (κ2) is 5.28. The van der Waals surface area contributed by atoms with Crippen LogP contribution in [0.25, 0.3) is 0 Å². The van der Waals surface area contributed by atoms with E-state index in [2.05, 4.69) is 16.2 Å². The molecule has 0 saturated carbocycles. The zero-order valence-corrected chi connectivity index (χ0v) is 4.69. The number of carbonyl (C=O) groups is 1. The summed E-state index contributed by atoms with van der Waals surface area (Å²) in [6.45, 7) is 1.23. The molecule has 0 aliphatic heterocycles. The molecule has 0 atom stereocenters. The third-order valence-corrected chi connectivity index (χ3v) is 0.326. The van der Waals surface area contributed by atoms with Crippen LogP contribution in [0.15, 0.2) is 0 Å². The zero-order valence-electron chi connectivity index (χ0n) is 3.00.